The van der Waals surface area contributed by atoms with Crippen LogP contribution in [0, 0.1) is 27.9 Å². The lowest BCUT2D eigenvalue weighted by atomic mass is 9.88. The molecule has 0 unspecified atom stereocenters. The van der Waals surface area contributed by atoms with Gasteiger partial charge in [0.15, 0.2) is 6.61 Å². The molecule has 1 aliphatic carbocycles. The lowest BCUT2D eigenvalue weighted by Crippen LogP contribution is -2.32. The predicted molar refractivity (Wildman–Crippen MR) is 110 cm³/mol. The van der Waals surface area contributed by atoms with Gasteiger partial charge in [-0.05, 0) is 23.6 Å². The van der Waals surface area contributed by atoms with E-state index in [2.05, 4.69) is 0 Å². The number of esters is 1. The summed E-state index contributed by atoms with van der Waals surface area (Å²) in [5.41, 5.74) is 1.99. The van der Waals surface area contributed by atoms with E-state index in [4.69, 9.17) is 4.74 Å². The summed E-state index contributed by atoms with van der Waals surface area (Å²) in [6.07, 6.45) is -0.00456. The summed E-state index contributed by atoms with van der Waals surface area (Å²) >= 11 is 0. The summed E-state index contributed by atoms with van der Waals surface area (Å²) in [6, 6.07) is 7.75. The minimum Gasteiger partial charge on any atom is -0.456 e. The van der Waals surface area contributed by atoms with Crippen LogP contribution in [-0.2, 0) is 25.7 Å². The molecule has 0 N–H and O–H groups in total. The Morgan fingerprint density at radius 1 is 1.20 bits per heavy atom. The molecule has 9 heteroatoms. The first-order chi connectivity index (χ1) is 14.1. The number of anilines is 1. The molecule has 0 spiro atoms. The number of hydrogen-bond acceptors (Lipinski definition) is 7. The fourth-order valence-electron chi connectivity index (χ4n) is 3.75. The largest absolute Gasteiger partial charge is 0.456 e. The molecule has 1 aliphatic rings. The standard InChI is InChI=1S/C21H29N3O6/c1-14-9-19(25)17(18(14)12-24(28)29)10-21(27)30-13-20(26)23(4)11-15-5-7-16(8-6-15)22(2)3/h5-8,14,17-18H,9-13H2,1-4H3/t14-,17+,18+/m0/s1. The van der Waals surface area contributed by atoms with Gasteiger partial charge < -0.3 is 14.5 Å². The number of nitrogens with zero attached hydrogens (tertiary/aromatic N) is 3. The lowest BCUT2D eigenvalue weighted by Gasteiger charge is -2.19. The molecule has 9 nitrogen and oxygen atoms in total. The Morgan fingerprint density at radius 3 is 2.40 bits per heavy atom. The fraction of sp³-hybridized carbons (Fsp3) is 0.571. The molecule has 0 heterocycles. The zero-order chi connectivity index (χ0) is 22.4. The summed E-state index contributed by atoms with van der Waals surface area (Å²) in [5, 5.41) is 10.9. The van der Waals surface area contributed by atoms with Gasteiger partial charge in [-0.2, -0.15) is 0 Å². The molecule has 1 fully saturated rings. The molecule has 1 aromatic rings. The molecular weight excluding hydrogens is 390 g/mol. The third-order valence-corrected chi connectivity index (χ3v) is 5.59. The fourth-order valence-corrected chi connectivity index (χ4v) is 3.75. The van der Waals surface area contributed by atoms with Crippen LogP contribution in [0.3, 0.4) is 0 Å². The highest BCUT2D eigenvalue weighted by atomic mass is 16.6. The predicted octanol–water partition coefficient (Wildman–Crippen LogP) is 1.76. The number of benzene rings is 1. The average molecular weight is 419 g/mol. The monoisotopic (exact) mass is 419 g/mol. The van der Waals surface area contributed by atoms with E-state index in [1.807, 2.05) is 43.3 Å². The summed E-state index contributed by atoms with van der Waals surface area (Å²) in [5.74, 6) is -2.56. The summed E-state index contributed by atoms with van der Waals surface area (Å²) < 4.78 is 5.05. The highest BCUT2D eigenvalue weighted by Crippen LogP contribution is 2.36. The quantitative estimate of drug-likeness (QED) is 0.341. The van der Waals surface area contributed by atoms with Gasteiger partial charge in [0.25, 0.3) is 5.91 Å². The van der Waals surface area contributed by atoms with Crippen LogP contribution in [0.2, 0.25) is 0 Å². The second kappa shape index (κ2) is 10.2. The number of Topliss-reactive ketones (excluding diaryl/α,β-unsaturated/α-hetero) is 1. The number of likely N-dealkylation sites (N-methyl/N-ethyl adjacent to an activating group) is 1. The van der Waals surface area contributed by atoms with E-state index >= 15 is 0 Å². The number of rotatable bonds is 9. The van der Waals surface area contributed by atoms with Crippen molar-refractivity contribution >= 4 is 23.3 Å². The maximum absolute atomic E-state index is 12.3. The van der Waals surface area contributed by atoms with E-state index in [-0.39, 0.29) is 37.0 Å². The SMILES string of the molecule is C[C@H]1CC(=O)[C@H](CC(=O)OCC(=O)N(C)Cc2ccc(N(C)C)cc2)[C@@H]1C[N+](=O)[O-]. The van der Waals surface area contributed by atoms with Gasteiger partial charge in [0.2, 0.25) is 6.54 Å². The molecule has 3 atom stereocenters. The molecule has 0 radical (unpaired) electrons. The Balaban J connectivity index is 1.83. The molecule has 2 rings (SSSR count). The minimum absolute atomic E-state index is 0.146. The van der Waals surface area contributed by atoms with Crippen LogP contribution in [-0.4, -0.2) is 61.8 Å². The van der Waals surface area contributed by atoms with Gasteiger partial charge in [-0.3, -0.25) is 24.5 Å². The molecule has 164 valence electrons. The van der Waals surface area contributed by atoms with Crippen LogP contribution in [0.25, 0.3) is 0 Å². The molecule has 0 bridgehead atoms. The van der Waals surface area contributed by atoms with Gasteiger partial charge in [0, 0.05) is 56.6 Å². The molecule has 1 amide bonds. The second-order valence-electron chi connectivity index (χ2n) is 8.11. The number of amides is 1. The molecule has 1 saturated carbocycles. The number of nitro groups is 1. The van der Waals surface area contributed by atoms with Crippen molar-refractivity contribution in [1.29, 1.82) is 0 Å². The third-order valence-electron chi connectivity index (χ3n) is 5.59. The topological polar surface area (TPSA) is 110 Å². The normalized spacial score (nSPS) is 20.7. The van der Waals surface area contributed by atoms with E-state index in [1.165, 1.54) is 4.90 Å². The van der Waals surface area contributed by atoms with Crippen molar-refractivity contribution < 1.29 is 24.0 Å². The Labute approximate surface area is 176 Å². The van der Waals surface area contributed by atoms with Crippen molar-refractivity contribution in [2.24, 2.45) is 17.8 Å². The summed E-state index contributed by atoms with van der Waals surface area (Å²) in [7, 11) is 5.50. The van der Waals surface area contributed by atoms with Crippen molar-refractivity contribution in [3.8, 4) is 0 Å². The van der Waals surface area contributed by atoms with Crippen LogP contribution in [0.15, 0.2) is 24.3 Å². The maximum atomic E-state index is 12.3. The number of ether oxygens (including phenoxy) is 1. The first-order valence-electron chi connectivity index (χ1n) is 9.88. The smallest absolute Gasteiger partial charge is 0.307 e. The van der Waals surface area contributed by atoms with Gasteiger partial charge in [0.05, 0.1) is 6.42 Å². The third kappa shape index (κ3) is 6.27. The Morgan fingerprint density at radius 2 is 1.83 bits per heavy atom. The van der Waals surface area contributed by atoms with Gasteiger partial charge in [-0.25, -0.2) is 0 Å². The van der Waals surface area contributed by atoms with E-state index in [1.54, 1.807) is 14.0 Å². The van der Waals surface area contributed by atoms with E-state index in [0.29, 0.717) is 6.54 Å². The molecular formula is C21H29N3O6. The van der Waals surface area contributed by atoms with Crippen LogP contribution in [0.1, 0.15) is 25.3 Å². The average Bonchev–Trinajstić information content (AvgIpc) is 2.92. The Hall–Kier alpha value is -2.97. The molecule has 0 aliphatic heterocycles. The molecule has 0 saturated heterocycles. The second-order valence-corrected chi connectivity index (χ2v) is 8.11. The summed E-state index contributed by atoms with van der Waals surface area (Å²) in [4.78, 5) is 50.4. The van der Waals surface area contributed by atoms with Gasteiger partial charge >= 0.3 is 5.97 Å². The van der Waals surface area contributed by atoms with Crippen molar-refractivity contribution in [2.45, 2.75) is 26.3 Å². The number of carbonyl (C=O) groups excluding carboxylic acids is 3. The van der Waals surface area contributed by atoms with Gasteiger partial charge in [-0.1, -0.05) is 19.1 Å². The number of carbonyl (C=O) groups is 3. The van der Waals surface area contributed by atoms with Crippen LogP contribution >= 0.6 is 0 Å². The van der Waals surface area contributed by atoms with Crippen molar-refractivity contribution in [3.63, 3.8) is 0 Å². The van der Waals surface area contributed by atoms with Crippen molar-refractivity contribution in [2.75, 3.05) is 39.2 Å². The lowest BCUT2D eigenvalue weighted by molar-refractivity contribution is -0.490. The number of ketones is 1. The highest BCUT2D eigenvalue weighted by Gasteiger charge is 2.44. The van der Waals surface area contributed by atoms with Crippen LogP contribution in [0.5, 0.6) is 0 Å². The van der Waals surface area contributed by atoms with Crippen LogP contribution < -0.4 is 4.90 Å². The first kappa shape index (κ1) is 23.3. The highest BCUT2D eigenvalue weighted by molar-refractivity contribution is 5.88. The molecule has 0 aromatic heterocycles. The van der Waals surface area contributed by atoms with E-state index in [9.17, 15) is 24.5 Å². The van der Waals surface area contributed by atoms with Crippen molar-refractivity contribution in [1.82, 2.24) is 4.90 Å². The Bertz CT molecular complexity index is 792. The van der Waals surface area contributed by atoms with E-state index in [0.717, 1.165) is 11.3 Å². The van der Waals surface area contributed by atoms with E-state index < -0.39 is 29.3 Å². The number of hydrogen-bond donors (Lipinski definition) is 0. The zero-order valence-electron chi connectivity index (χ0n) is 17.9. The summed E-state index contributed by atoms with van der Waals surface area (Å²) in [6.45, 7) is 1.37. The van der Waals surface area contributed by atoms with Crippen LogP contribution in [0.4, 0.5) is 5.69 Å². The van der Waals surface area contributed by atoms with Gasteiger partial charge in [0.1, 0.15) is 5.78 Å². The zero-order valence-corrected chi connectivity index (χ0v) is 17.9. The van der Waals surface area contributed by atoms with Crippen molar-refractivity contribution in [3.05, 3.63) is 39.9 Å². The first-order valence-corrected chi connectivity index (χ1v) is 9.88. The maximum Gasteiger partial charge on any atom is 0.307 e. The Kier molecular flexibility index (Phi) is 7.91. The van der Waals surface area contributed by atoms with Gasteiger partial charge in [-0.15, -0.1) is 0 Å². The molecule has 30 heavy (non-hydrogen) atoms. The minimum atomic E-state index is -0.721. The molecule has 1 aromatic carbocycles.